The fourth-order valence-corrected chi connectivity index (χ4v) is 2.84. The molecule has 2 aliphatic rings. The van der Waals surface area contributed by atoms with Gasteiger partial charge < -0.3 is 0 Å². The van der Waals surface area contributed by atoms with Crippen LogP contribution in [0.5, 0.6) is 0 Å². The van der Waals surface area contributed by atoms with Crippen molar-refractivity contribution in [3.05, 3.63) is 0 Å². The van der Waals surface area contributed by atoms with Crippen LogP contribution in [0.4, 0.5) is 0 Å². The van der Waals surface area contributed by atoms with Gasteiger partial charge in [-0.2, -0.15) is 5.10 Å². The number of nitrogens with zero attached hydrogens (tertiary/aromatic N) is 1. The van der Waals surface area contributed by atoms with E-state index < -0.39 is 0 Å². The lowest BCUT2D eigenvalue weighted by Gasteiger charge is -2.33. The summed E-state index contributed by atoms with van der Waals surface area (Å²) in [7, 11) is 6.54. The van der Waals surface area contributed by atoms with Crippen molar-refractivity contribution in [3.63, 3.8) is 0 Å². The van der Waals surface area contributed by atoms with Crippen molar-refractivity contribution in [3.8, 4) is 0 Å². The molecule has 0 aromatic carbocycles. The zero-order valence-electron chi connectivity index (χ0n) is 10.5. The second kappa shape index (κ2) is 5.70. The van der Waals surface area contributed by atoms with Crippen LogP contribution >= 0.6 is 0 Å². The molecule has 92 valence electrons. The summed E-state index contributed by atoms with van der Waals surface area (Å²) in [4.78, 5) is 11.1. The van der Waals surface area contributed by atoms with Crippen molar-refractivity contribution < 1.29 is 4.79 Å². The summed E-state index contributed by atoms with van der Waals surface area (Å²) < 4.78 is 0. The van der Waals surface area contributed by atoms with E-state index in [2.05, 4.69) is 10.5 Å². The first-order valence-corrected chi connectivity index (χ1v) is 6.85. The number of hydrazone groups is 1. The number of amides is 1. The van der Waals surface area contributed by atoms with Gasteiger partial charge in [0, 0.05) is 12.1 Å². The minimum absolute atomic E-state index is 0.0143. The quantitative estimate of drug-likeness (QED) is 0.694. The van der Waals surface area contributed by atoms with Crippen LogP contribution in [0.25, 0.3) is 0 Å². The molecule has 0 unspecified atom stereocenters. The molecule has 0 atom stereocenters. The standard InChI is InChI=1S/C13H21BN2O/c14-13(11-7-8-12(17)16-15-11)9-5-3-1-2-4-6-10-13/h1-10H2,(H,16,17). The van der Waals surface area contributed by atoms with Crippen LogP contribution in [0.2, 0.25) is 5.31 Å². The maximum absolute atomic E-state index is 11.1. The van der Waals surface area contributed by atoms with Crippen LogP contribution in [0.1, 0.15) is 64.2 Å². The number of hydrogen-bond donors (Lipinski definition) is 1. The Balaban J connectivity index is 2.05. The third kappa shape index (κ3) is 3.33. The predicted molar refractivity (Wildman–Crippen MR) is 70.2 cm³/mol. The van der Waals surface area contributed by atoms with Gasteiger partial charge in [-0.25, -0.2) is 5.43 Å². The topological polar surface area (TPSA) is 41.5 Å². The SMILES string of the molecule is [B]C1(C2=NNC(=O)CC2)CCCCCCCC1. The molecule has 1 amide bonds. The van der Waals surface area contributed by atoms with Gasteiger partial charge in [0.15, 0.2) is 0 Å². The molecule has 0 aromatic rings. The fourth-order valence-electron chi connectivity index (χ4n) is 2.84. The summed E-state index contributed by atoms with van der Waals surface area (Å²) in [6.07, 6.45) is 10.9. The van der Waals surface area contributed by atoms with E-state index in [0.29, 0.717) is 6.42 Å². The number of hydrogen-bond acceptors (Lipinski definition) is 2. The third-order valence-corrected chi connectivity index (χ3v) is 3.97. The Kier molecular flexibility index (Phi) is 4.24. The molecular weight excluding hydrogens is 211 g/mol. The van der Waals surface area contributed by atoms with Crippen molar-refractivity contribution in [2.24, 2.45) is 5.10 Å². The average molecular weight is 232 g/mol. The second-order valence-electron chi connectivity index (χ2n) is 5.37. The Morgan fingerprint density at radius 1 is 1.00 bits per heavy atom. The summed E-state index contributed by atoms with van der Waals surface area (Å²) >= 11 is 0. The summed E-state index contributed by atoms with van der Waals surface area (Å²) in [5, 5.41) is 3.94. The molecule has 1 fully saturated rings. The molecule has 1 saturated carbocycles. The Hall–Kier alpha value is -0.795. The van der Waals surface area contributed by atoms with E-state index in [1.54, 1.807) is 0 Å². The van der Waals surface area contributed by atoms with Crippen molar-refractivity contribution in [1.29, 1.82) is 0 Å². The Morgan fingerprint density at radius 3 is 2.12 bits per heavy atom. The van der Waals surface area contributed by atoms with E-state index >= 15 is 0 Å². The molecule has 0 bridgehead atoms. The molecule has 1 heterocycles. The van der Waals surface area contributed by atoms with E-state index in [4.69, 9.17) is 7.85 Å². The number of carbonyl (C=O) groups is 1. The van der Waals surface area contributed by atoms with Gasteiger partial charge in [0.1, 0.15) is 0 Å². The monoisotopic (exact) mass is 232 g/mol. The summed E-state index contributed by atoms with van der Waals surface area (Å²) in [5.74, 6) is 0.0143. The normalized spacial score (nSPS) is 26.1. The van der Waals surface area contributed by atoms with E-state index in [0.717, 1.165) is 25.0 Å². The van der Waals surface area contributed by atoms with E-state index in [1.165, 1.54) is 38.5 Å². The zero-order valence-corrected chi connectivity index (χ0v) is 10.5. The molecule has 4 heteroatoms. The summed E-state index contributed by atoms with van der Waals surface area (Å²) in [6.45, 7) is 0. The number of nitrogens with one attached hydrogen (secondary N) is 1. The molecule has 0 spiro atoms. The average Bonchev–Trinajstić information content (AvgIpc) is 2.43. The molecule has 1 aliphatic heterocycles. The minimum Gasteiger partial charge on any atom is -0.273 e. The van der Waals surface area contributed by atoms with Crippen LogP contribution in [-0.4, -0.2) is 19.5 Å². The molecule has 0 saturated heterocycles. The first kappa shape index (κ1) is 12.7. The Morgan fingerprint density at radius 2 is 1.59 bits per heavy atom. The lowest BCUT2D eigenvalue weighted by atomic mass is 9.59. The van der Waals surface area contributed by atoms with E-state index in [-0.39, 0.29) is 11.2 Å². The van der Waals surface area contributed by atoms with Crippen LogP contribution in [0.15, 0.2) is 5.10 Å². The zero-order chi connectivity index (χ0) is 12.1. The van der Waals surface area contributed by atoms with Crippen molar-refractivity contribution in [2.45, 2.75) is 69.5 Å². The largest absolute Gasteiger partial charge is 0.273 e. The maximum atomic E-state index is 11.1. The third-order valence-electron chi connectivity index (χ3n) is 3.97. The summed E-state index contributed by atoms with van der Waals surface area (Å²) in [5.41, 5.74) is 3.59. The lowest BCUT2D eigenvalue weighted by molar-refractivity contribution is -0.121. The number of rotatable bonds is 1. The van der Waals surface area contributed by atoms with Crippen molar-refractivity contribution in [1.82, 2.24) is 5.43 Å². The highest BCUT2D eigenvalue weighted by molar-refractivity contribution is 6.30. The van der Waals surface area contributed by atoms with Gasteiger partial charge in [-0.1, -0.05) is 51.4 Å². The van der Waals surface area contributed by atoms with Gasteiger partial charge in [-0.15, -0.1) is 0 Å². The first-order chi connectivity index (χ1) is 8.21. The van der Waals surface area contributed by atoms with Crippen LogP contribution in [0, 0.1) is 0 Å². The molecule has 3 nitrogen and oxygen atoms in total. The van der Waals surface area contributed by atoms with Gasteiger partial charge in [0.25, 0.3) is 0 Å². The van der Waals surface area contributed by atoms with Gasteiger partial charge in [0.05, 0.1) is 7.85 Å². The number of carbonyl (C=O) groups excluding carboxylic acids is 1. The fraction of sp³-hybridized carbons (Fsp3) is 0.846. The smallest absolute Gasteiger partial charge is 0.240 e. The van der Waals surface area contributed by atoms with Crippen LogP contribution in [0.3, 0.4) is 0 Å². The van der Waals surface area contributed by atoms with Crippen molar-refractivity contribution in [2.75, 3.05) is 0 Å². The van der Waals surface area contributed by atoms with Crippen molar-refractivity contribution >= 4 is 19.5 Å². The molecule has 1 aliphatic carbocycles. The second-order valence-corrected chi connectivity index (χ2v) is 5.37. The van der Waals surface area contributed by atoms with Gasteiger partial charge in [0.2, 0.25) is 5.91 Å². The molecule has 2 radical (unpaired) electrons. The van der Waals surface area contributed by atoms with E-state index in [9.17, 15) is 4.79 Å². The highest BCUT2D eigenvalue weighted by Crippen LogP contribution is 2.40. The summed E-state index contributed by atoms with van der Waals surface area (Å²) in [6, 6.07) is 0. The molecule has 0 aromatic heterocycles. The van der Waals surface area contributed by atoms with Gasteiger partial charge >= 0.3 is 0 Å². The van der Waals surface area contributed by atoms with E-state index in [1.807, 2.05) is 0 Å². The van der Waals surface area contributed by atoms with Gasteiger partial charge in [-0.05, 0) is 11.7 Å². The van der Waals surface area contributed by atoms with Crippen LogP contribution < -0.4 is 5.43 Å². The highest BCUT2D eigenvalue weighted by atomic mass is 16.2. The van der Waals surface area contributed by atoms with Crippen LogP contribution in [-0.2, 0) is 4.79 Å². The highest BCUT2D eigenvalue weighted by Gasteiger charge is 2.31. The minimum atomic E-state index is -0.266. The van der Waals surface area contributed by atoms with Gasteiger partial charge in [-0.3, -0.25) is 4.79 Å². The molecule has 1 N–H and O–H groups in total. The Labute approximate surface area is 105 Å². The first-order valence-electron chi connectivity index (χ1n) is 6.85. The molecule has 17 heavy (non-hydrogen) atoms. The maximum Gasteiger partial charge on any atom is 0.240 e. The predicted octanol–water partition coefficient (Wildman–Crippen LogP) is 2.71. The Bertz CT molecular complexity index is 305. The molecule has 2 rings (SSSR count). The lowest BCUT2D eigenvalue weighted by Crippen LogP contribution is -2.33. The molecular formula is C13H21BN2O.